The zero-order valence-corrected chi connectivity index (χ0v) is 15.9. The molecule has 0 radical (unpaired) electrons. The van der Waals surface area contributed by atoms with Crippen LogP contribution in [0, 0.1) is 5.92 Å². The Kier molecular flexibility index (Phi) is 5.42. The Hall–Kier alpha value is -1.11. The Morgan fingerprint density at radius 1 is 1.16 bits per heavy atom. The zero-order chi connectivity index (χ0) is 18.1. The molecule has 0 bridgehead atoms. The average molecular weight is 385 g/mol. The van der Waals surface area contributed by atoms with Crippen molar-refractivity contribution in [3.8, 4) is 0 Å². The van der Waals surface area contributed by atoms with Crippen molar-refractivity contribution in [3.63, 3.8) is 0 Å². The number of carbonyl (C=O) groups excluding carboxylic acids is 1. The van der Waals surface area contributed by atoms with Crippen LogP contribution in [0.5, 0.6) is 0 Å². The fourth-order valence-corrected chi connectivity index (χ4v) is 6.30. The number of halogens is 1. The molecule has 1 amide bonds. The van der Waals surface area contributed by atoms with E-state index in [0.29, 0.717) is 43.4 Å². The number of benzene rings is 1. The minimum Gasteiger partial charge on any atom is -0.341 e. The average Bonchev–Trinajstić information content (AvgIpc) is 3.13. The smallest absolute Gasteiger partial charge is 0.244 e. The summed E-state index contributed by atoms with van der Waals surface area (Å²) in [6, 6.07) is 6.14. The molecule has 0 unspecified atom stereocenters. The first-order chi connectivity index (χ1) is 11.9. The first-order valence-corrected chi connectivity index (χ1v) is 10.8. The lowest BCUT2D eigenvalue weighted by Gasteiger charge is -2.38. The highest BCUT2D eigenvalue weighted by atomic mass is 35.5. The van der Waals surface area contributed by atoms with Crippen molar-refractivity contribution < 1.29 is 13.2 Å². The lowest BCUT2D eigenvalue weighted by atomic mass is 9.95. The van der Waals surface area contributed by atoms with Gasteiger partial charge in [-0.3, -0.25) is 4.79 Å². The highest BCUT2D eigenvalue weighted by molar-refractivity contribution is 7.93. The molecule has 3 rings (SSSR count). The summed E-state index contributed by atoms with van der Waals surface area (Å²) >= 11 is 5.89. The number of hydrogen-bond donors (Lipinski definition) is 1. The Morgan fingerprint density at radius 3 is 2.24 bits per heavy atom. The first kappa shape index (κ1) is 18.7. The van der Waals surface area contributed by atoms with Crippen molar-refractivity contribution in [1.29, 1.82) is 0 Å². The SMILES string of the molecule is NCC1CCN(C(=O)C2(S(=O)(=O)c3ccc(Cl)cc3)CCCC2)CC1. The minimum absolute atomic E-state index is 0.184. The molecule has 2 N–H and O–H groups in total. The van der Waals surface area contributed by atoms with Crippen LogP contribution in [-0.4, -0.2) is 43.6 Å². The fraction of sp³-hybridized carbons (Fsp3) is 0.611. The van der Waals surface area contributed by atoms with E-state index in [2.05, 4.69) is 0 Å². The summed E-state index contributed by atoms with van der Waals surface area (Å²) in [5.41, 5.74) is 5.72. The van der Waals surface area contributed by atoms with Crippen LogP contribution in [0.3, 0.4) is 0 Å². The second-order valence-corrected chi connectivity index (χ2v) is 9.83. The molecule has 1 aliphatic carbocycles. The largest absolute Gasteiger partial charge is 0.341 e. The van der Waals surface area contributed by atoms with Crippen LogP contribution in [0.4, 0.5) is 0 Å². The maximum atomic E-state index is 13.4. The van der Waals surface area contributed by atoms with Crippen molar-refractivity contribution >= 4 is 27.3 Å². The third-order valence-corrected chi connectivity index (χ3v) is 8.43. The van der Waals surface area contributed by atoms with E-state index in [-0.39, 0.29) is 10.8 Å². The van der Waals surface area contributed by atoms with Crippen LogP contribution in [-0.2, 0) is 14.6 Å². The summed E-state index contributed by atoms with van der Waals surface area (Å²) in [5.74, 6) is 0.201. The third-order valence-electron chi connectivity index (χ3n) is 5.67. The van der Waals surface area contributed by atoms with Gasteiger partial charge in [0.05, 0.1) is 4.90 Å². The van der Waals surface area contributed by atoms with Crippen LogP contribution in [0.2, 0.25) is 5.02 Å². The number of carbonyl (C=O) groups is 1. The van der Waals surface area contributed by atoms with Gasteiger partial charge in [-0.15, -0.1) is 0 Å². The monoisotopic (exact) mass is 384 g/mol. The Morgan fingerprint density at radius 2 is 1.72 bits per heavy atom. The standard InChI is InChI=1S/C18H25ClN2O3S/c19-15-3-5-16(6-4-15)25(23,24)18(9-1-2-10-18)17(22)21-11-7-14(13-20)8-12-21/h3-6,14H,1-2,7-13,20H2. The molecule has 7 heteroatoms. The molecule has 1 saturated heterocycles. The number of sulfone groups is 1. The second-order valence-electron chi connectivity index (χ2n) is 7.13. The van der Waals surface area contributed by atoms with Crippen LogP contribution >= 0.6 is 11.6 Å². The fourth-order valence-electron chi connectivity index (χ4n) is 4.04. The van der Waals surface area contributed by atoms with Gasteiger partial charge in [0.2, 0.25) is 5.91 Å². The van der Waals surface area contributed by atoms with Gasteiger partial charge in [-0.05, 0) is 62.4 Å². The van der Waals surface area contributed by atoms with Gasteiger partial charge < -0.3 is 10.6 Å². The van der Waals surface area contributed by atoms with Gasteiger partial charge in [0.15, 0.2) is 14.6 Å². The van der Waals surface area contributed by atoms with E-state index >= 15 is 0 Å². The molecule has 138 valence electrons. The van der Waals surface area contributed by atoms with E-state index < -0.39 is 14.6 Å². The zero-order valence-electron chi connectivity index (χ0n) is 14.3. The van der Waals surface area contributed by atoms with Crippen LogP contribution < -0.4 is 5.73 Å². The highest BCUT2D eigenvalue weighted by Gasteiger charge is 2.54. The van der Waals surface area contributed by atoms with Gasteiger partial charge in [-0.2, -0.15) is 0 Å². The van der Waals surface area contributed by atoms with Crippen molar-refractivity contribution in [2.45, 2.75) is 48.2 Å². The number of hydrogen-bond acceptors (Lipinski definition) is 4. The maximum absolute atomic E-state index is 13.4. The molecule has 1 aliphatic heterocycles. The Balaban J connectivity index is 1.91. The molecule has 1 aromatic rings. The minimum atomic E-state index is -3.76. The predicted octanol–water partition coefficient (Wildman–Crippen LogP) is 2.62. The van der Waals surface area contributed by atoms with E-state index in [1.54, 1.807) is 17.0 Å². The molecule has 0 atom stereocenters. The number of amides is 1. The van der Waals surface area contributed by atoms with E-state index in [4.69, 9.17) is 17.3 Å². The van der Waals surface area contributed by atoms with Crippen LogP contribution in [0.25, 0.3) is 0 Å². The molecule has 25 heavy (non-hydrogen) atoms. The van der Waals surface area contributed by atoms with E-state index in [1.807, 2.05) is 0 Å². The second kappa shape index (κ2) is 7.25. The van der Waals surface area contributed by atoms with E-state index in [9.17, 15) is 13.2 Å². The van der Waals surface area contributed by atoms with Gasteiger partial charge in [0.25, 0.3) is 0 Å². The molecular formula is C18H25ClN2O3S. The topological polar surface area (TPSA) is 80.5 Å². The van der Waals surface area contributed by atoms with Gasteiger partial charge in [-0.1, -0.05) is 24.4 Å². The predicted molar refractivity (Wildman–Crippen MR) is 98.2 cm³/mol. The van der Waals surface area contributed by atoms with Gasteiger partial charge in [-0.25, -0.2) is 8.42 Å². The van der Waals surface area contributed by atoms with E-state index in [0.717, 1.165) is 25.7 Å². The molecular weight excluding hydrogens is 360 g/mol. The Bertz CT molecular complexity index is 719. The van der Waals surface area contributed by atoms with Crippen molar-refractivity contribution in [1.82, 2.24) is 4.90 Å². The molecule has 5 nitrogen and oxygen atoms in total. The first-order valence-electron chi connectivity index (χ1n) is 8.90. The number of likely N-dealkylation sites (tertiary alicyclic amines) is 1. The third kappa shape index (κ3) is 3.32. The van der Waals surface area contributed by atoms with Crippen LogP contribution in [0.15, 0.2) is 29.2 Å². The Labute approximate surface area is 154 Å². The van der Waals surface area contributed by atoms with E-state index in [1.165, 1.54) is 12.1 Å². The number of piperidine rings is 1. The van der Waals surface area contributed by atoms with Gasteiger partial charge in [0, 0.05) is 18.1 Å². The number of rotatable bonds is 4. The molecule has 0 spiro atoms. The number of nitrogens with zero attached hydrogens (tertiary/aromatic N) is 1. The molecule has 1 saturated carbocycles. The summed E-state index contributed by atoms with van der Waals surface area (Å²) in [6.45, 7) is 1.81. The maximum Gasteiger partial charge on any atom is 0.244 e. The quantitative estimate of drug-likeness (QED) is 0.865. The lowest BCUT2D eigenvalue weighted by molar-refractivity contribution is -0.135. The molecule has 1 aromatic carbocycles. The summed E-state index contributed by atoms with van der Waals surface area (Å²) < 4.78 is 25.4. The highest BCUT2D eigenvalue weighted by Crippen LogP contribution is 2.42. The van der Waals surface area contributed by atoms with Crippen molar-refractivity contribution in [3.05, 3.63) is 29.3 Å². The molecule has 2 aliphatic rings. The lowest BCUT2D eigenvalue weighted by Crippen LogP contribution is -2.54. The summed E-state index contributed by atoms with van der Waals surface area (Å²) in [7, 11) is -3.76. The number of nitrogens with two attached hydrogens (primary N) is 1. The van der Waals surface area contributed by atoms with Crippen molar-refractivity contribution in [2.75, 3.05) is 19.6 Å². The van der Waals surface area contributed by atoms with Gasteiger partial charge >= 0.3 is 0 Å². The summed E-state index contributed by atoms with van der Waals surface area (Å²) in [5, 5.41) is 0.481. The van der Waals surface area contributed by atoms with Crippen LogP contribution in [0.1, 0.15) is 38.5 Å². The normalized spacial score (nSPS) is 21.4. The molecule has 0 aromatic heterocycles. The van der Waals surface area contributed by atoms with Gasteiger partial charge in [0.1, 0.15) is 0 Å². The molecule has 2 fully saturated rings. The van der Waals surface area contributed by atoms with Crippen molar-refractivity contribution in [2.24, 2.45) is 11.7 Å². The summed E-state index contributed by atoms with van der Waals surface area (Å²) in [6.07, 6.45) is 4.01. The molecule has 1 heterocycles. The summed E-state index contributed by atoms with van der Waals surface area (Å²) in [4.78, 5) is 15.2.